The number of fused-ring (bicyclic) bond motifs is 2. The average molecular weight is 490 g/mol. The van der Waals surface area contributed by atoms with E-state index >= 15 is 0 Å². The van der Waals surface area contributed by atoms with Crippen molar-refractivity contribution in [1.82, 2.24) is 5.32 Å². The number of phenols is 1. The van der Waals surface area contributed by atoms with E-state index in [4.69, 9.17) is 10.2 Å². The molecule has 0 saturated carbocycles. The van der Waals surface area contributed by atoms with E-state index in [2.05, 4.69) is 10.6 Å². The normalized spacial score (nSPS) is 11.9. The van der Waals surface area contributed by atoms with Crippen LogP contribution in [0.15, 0.2) is 63.8 Å². The number of carboxylic acids is 1. The van der Waals surface area contributed by atoms with E-state index in [0.717, 1.165) is 19.3 Å². The molecule has 2 aromatic carbocycles. The Morgan fingerprint density at radius 2 is 1.81 bits per heavy atom. The molecular formula is C27H27N3O6. The number of urea groups is 1. The first-order valence-corrected chi connectivity index (χ1v) is 11.6. The van der Waals surface area contributed by atoms with E-state index in [1.165, 1.54) is 30.3 Å². The van der Waals surface area contributed by atoms with Gasteiger partial charge in [-0.25, -0.2) is 9.59 Å². The number of nitrogens with one attached hydrogen (secondary N) is 2. The maximum atomic E-state index is 12.3. The molecule has 9 nitrogen and oxygen atoms in total. The molecular weight excluding hydrogens is 462 g/mol. The molecule has 0 bridgehead atoms. The lowest BCUT2D eigenvalue weighted by molar-refractivity contribution is 0.0697. The summed E-state index contributed by atoms with van der Waals surface area (Å²) in [5.41, 5.74) is 7.48. The first kappa shape index (κ1) is 24.7. The predicted molar refractivity (Wildman–Crippen MR) is 138 cm³/mol. The Morgan fingerprint density at radius 1 is 1.03 bits per heavy atom. The average Bonchev–Trinajstić information content (AvgIpc) is 2.82. The summed E-state index contributed by atoms with van der Waals surface area (Å²) >= 11 is 0. The molecule has 9 heteroatoms. The highest BCUT2D eigenvalue weighted by Gasteiger charge is 2.22. The highest BCUT2D eigenvalue weighted by atomic mass is 16.4. The fraction of sp³-hybridized carbons (Fsp3) is 0.222. The quantitative estimate of drug-likeness (QED) is 0.179. The summed E-state index contributed by atoms with van der Waals surface area (Å²) in [5, 5.41) is 25.9. The number of amides is 2. The van der Waals surface area contributed by atoms with Crippen molar-refractivity contribution in [2.75, 3.05) is 11.9 Å². The third-order valence-electron chi connectivity index (χ3n) is 5.83. The SMILES string of the molecule is CC(N)CCCCNC(=O)Nc1ccc(-c2c3ccc(=O)cc-3oc3cc(O)ccc23)c(C(=O)O)c1. The molecule has 4 rings (SSSR count). The monoisotopic (exact) mass is 489 g/mol. The van der Waals surface area contributed by atoms with Gasteiger partial charge in [0.1, 0.15) is 17.1 Å². The van der Waals surface area contributed by atoms with Crippen LogP contribution in [-0.4, -0.2) is 34.8 Å². The molecule has 1 unspecified atom stereocenters. The number of hydrogen-bond donors (Lipinski definition) is 5. The maximum Gasteiger partial charge on any atom is 0.336 e. The number of aromatic hydroxyl groups is 1. The Kier molecular flexibility index (Phi) is 7.21. The van der Waals surface area contributed by atoms with Crippen LogP contribution in [0.25, 0.3) is 33.4 Å². The lowest BCUT2D eigenvalue weighted by atomic mass is 9.90. The molecule has 6 N–H and O–H groups in total. The Bertz CT molecular complexity index is 1460. The Hall–Kier alpha value is -4.37. The summed E-state index contributed by atoms with van der Waals surface area (Å²) in [6.45, 7) is 2.41. The number of benzene rings is 3. The number of carbonyl (C=O) groups is 2. The number of phenolic OH excluding ortho intramolecular Hbond substituents is 1. The van der Waals surface area contributed by atoms with Crippen LogP contribution in [0.2, 0.25) is 0 Å². The Labute approximate surface area is 206 Å². The zero-order valence-corrected chi connectivity index (χ0v) is 19.7. The molecule has 1 aliphatic carbocycles. The van der Waals surface area contributed by atoms with Gasteiger partial charge >= 0.3 is 12.0 Å². The van der Waals surface area contributed by atoms with Crippen LogP contribution in [0.4, 0.5) is 10.5 Å². The zero-order chi connectivity index (χ0) is 25.8. The number of rotatable bonds is 8. The van der Waals surface area contributed by atoms with Crippen LogP contribution in [0.1, 0.15) is 36.5 Å². The van der Waals surface area contributed by atoms with Gasteiger partial charge in [-0.2, -0.15) is 0 Å². The minimum absolute atomic E-state index is 0.0311. The molecule has 0 spiro atoms. The first-order valence-electron chi connectivity index (χ1n) is 11.6. The molecule has 2 amide bonds. The second-order valence-electron chi connectivity index (χ2n) is 8.73. The summed E-state index contributed by atoms with van der Waals surface area (Å²) in [6, 6.07) is 13.1. The number of hydrogen-bond acceptors (Lipinski definition) is 6. The van der Waals surface area contributed by atoms with Crippen LogP contribution >= 0.6 is 0 Å². The van der Waals surface area contributed by atoms with Gasteiger partial charge in [0.2, 0.25) is 0 Å². The van der Waals surface area contributed by atoms with Gasteiger partial charge in [-0.1, -0.05) is 12.5 Å². The van der Waals surface area contributed by atoms with Crippen LogP contribution in [0, 0.1) is 0 Å². The standard InChI is InChI=1S/C27H27N3O6/c1-15(28)4-2-3-11-29-27(35)30-16-5-8-19(22(12-16)26(33)34)25-20-9-6-17(31)13-23(20)36-24-14-18(32)7-10-21(24)25/h5-10,12-15,31H,2-4,11,28H2,1H3,(H,33,34)(H2,29,30,35). The van der Waals surface area contributed by atoms with Crippen molar-refractivity contribution in [2.45, 2.75) is 32.2 Å². The van der Waals surface area contributed by atoms with Crippen molar-refractivity contribution in [3.05, 3.63) is 70.4 Å². The van der Waals surface area contributed by atoms with E-state index in [1.54, 1.807) is 24.3 Å². The van der Waals surface area contributed by atoms with Crippen molar-refractivity contribution in [2.24, 2.45) is 5.73 Å². The summed E-state index contributed by atoms with van der Waals surface area (Å²) in [4.78, 5) is 36.5. The molecule has 0 saturated heterocycles. The zero-order valence-electron chi connectivity index (χ0n) is 19.7. The smallest absolute Gasteiger partial charge is 0.336 e. The van der Waals surface area contributed by atoms with Crippen LogP contribution in [0.5, 0.6) is 5.75 Å². The topological polar surface area (TPSA) is 155 Å². The van der Waals surface area contributed by atoms with Crippen molar-refractivity contribution in [3.63, 3.8) is 0 Å². The summed E-state index contributed by atoms with van der Waals surface area (Å²) in [7, 11) is 0. The summed E-state index contributed by atoms with van der Waals surface area (Å²) in [5.74, 6) is -0.958. The van der Waals surface area contributed by atoms with Crippen molar-refractivity contribution >= 4 is 28.7 Å². The molecule has 1 heterocycles. The third kappa shape index (κ3) is 5.47. The van der Waals surface area contributed by atoms with E-state index in [-0.39, 0.29) is 28.5 Å². The van der Waals surface area contributed by atoms with Crippen molar-refractivity contribution in [3.8, 4) is 28.2 Å². The van der Waals surface area contributed by atoms with Crippen LogP contribution in [0.3, 0.4) is 0 Å². The van der Waals surface area contributed by atoms with Crippen LogP contribution in [-0.2, 0) is 0 Å². The number of carbonyl (C=O) groups excluding carboxylic acids is 1. The van der Waals surface area contributed by atoms with Gasteiger partial charge in [0.15, 0.2) is 5.43 Å². The second-order valence-corrected chi connectivity index (χ2v) is 8.73. The maximum absolute atomic E-state index is 12.3. The van der Waals surface area contributed by atoms with Crippen molar-refractivity contribution < 1.29 is 24.2 Å². The van der Waals surface area contributed by atoms with Gasteiger partial charge in [0.05, 0.1) is 5.56 Å². The van der Waals surface area contributed by atoms with Gasteiger partial charge in [-0.15, -0.1) is 0 Å². The highest BCUT2D eigenvalue weighted by Crippen LogP contribution is 2.42. The van der Waals surface area contributed by atoms with E-state index in [9.17, 15) is 24.6 Å². The molecule has 2 aromatic rings. The molecule has 2 aliphatic rings. The summed E-state index contributed by atoms with van der Waals surface area (Å²) in [6.07, 6.45) is 2.55. The number of unbranched alkanes of at least 4 members (excludes halogenated alkanes) is 1. The van der Waals surface area contributed by atoms with Gasteiger partial charge in [-0.05, 0) is 61.7 Å². The third-order valence-corrected chi connectivity index (χ3v) is 5.83. The molecule has 1 atom stereocenters. The Balaban J connectivity index is 1.70. The van der Waals surface area contributed by atoms with Gasteiger partial charge in [0, 0.05) is 46.9 Å². The largest absolute Gasteiger partial charge is 0.508 e. The van der Waals surface area contributed by atoms with E-state index in [0.29, 0.717) is 39.9 Å². The van der Waals surface area contributed by atoms with Gasteiger partial charge < -0.3 is 31.0 Å². The first-order chi connectivity index (χ1) is 17.2. The molecule has 186 valence electrons. The fourth-order valence-electron chi connectivity index (χ4n) is 4.13. The van der Waals surface area contributed by atoms with Gasteiger partial charge in [-0.3, -0.25) is 4.79 Å². The highest BCUT2D eigenvalue weighted by molar-refractivity contribution is 6.08. The lowest BCUT2D eigenvalue weighted by Gasteiger charge is -2.17. The van der Waals surface area contributed by atoms with Crippen LogP contribution < -0.4 is 21.8 Å². The molecule has 0 aromatic heterocycles. The number of carboxylic acid groups (broad SMARTS) is 1. The number of aromatic carboxylic acids is 1. The Morgan fingerprint density at radius 3 is 2.56 bits per heavy atom. The molecule has 0 fully saturated rings. The molecule has 36 heavy (non-hydrogen) atoms. The summed E-state index contributed by atoms with van der Waals surface area (Å²) < 4.78 is 5.83. The number of nitrogens with two attached hydrogens (primary N) is 1. The fourth-order valence-corrected chi connectivity index (χ4v) is 4.13. The van der Waals surface area contributed by atoms with Crippen molar-refractivity contribution in [1.29, 1.82) is 0 Å². The minimum atomic E-state index is -1.19. The van der Waals surface area contributed by atoms with E-state index in [1.807, 2.05) is 6.92 Å². The predicted octanol–water partition coefficient (Wildman–Crippen LogP) is 4.61. The molecule has 1 aliphatic heterocycles. The van der Waals surface area contributed by atoms with Gasteiger partial charge in [0.25, 0.3) is 0 Å². The number of anilines is 1. The minimum Gasteiger partial charge on any atom is -0.508 e. The molecule has 0 radical (unpaired) electrons. The lowest BCUT2D eigenvalue weighted by Crippen LogP contribution is -2.29. The van der Waals surface area contributed by atoms with E-state index < -0.39 is 12.0 Å². The second kappa shape index (κ2) is 10.5.